The lowest BCUT2D eigenvalue weighted by molar-refractivity contribution is 0.00578. The van der Waals surface area contributed by atoms with Crippen LogP contribution in [-0.2, 0) is 15.9 Å². The minimum atomic E-state index is -0.691. The van der Waals surface area contributed by atoms with E-state index in [1.165, 1.54) is 6.20 Å². The summed E-state index contributed by atoms with van der Waals surface area (Å²) in [5, 5.41) is 0. The lowest BCUT2D eigenvalue weighted by Crippen LogP contribution is -2.41. The van der Waals surface area contributed by atoms with Gasteiger partial charge in [0.25, 0.3) is 0 Å². The van der Waals surface area contributed by atoms with Crippen molar-refractivity contribution in [3.05, 3.63) is 23.8 Å². The van der Waals surface area contributed by atoms with E-state index < -0.39 is 24.1 Å². The van der Waals surface area contributed by atoms with Crippen molar-refractivity contribution in [1.82, 2.24) is 9.88 Å². The molecule has 0 atom stereocenters. The summed E-state index contributed by atoms with van der Waals surface area (Å²) < 4.78 is 25.8. The van der Waals surface area contributed by atoms with Crippen LogP contribution in [0.4, 0.5) is 4.39 Å². The molecule has 0 aromatic carbocycles. The Morgan fingerprint density at radius 3 is 2.25 bits per heavy atom. The monoisotopic (exact) mass is 280 g/mol. The highest BCUT2D eigenvalue weighted by Gasteiger charge is 2.52. The van der Waals surface area contributed by atoms with Crippen molar-refractivity contribution in [3.63, 3.8) is 0 Å². The molecule has 1 fully saturated rings. The molecule has 0 bridgehead atoms. The van der Waals surface area contributed by atoms with Crippen molar-refractivity contribution >= 4 is 12.6 Å². The van der Waals surface area contributed by atoms with E-state index in [4.69, 9.17) is 9.31 Å². The first-order chi connectivity index (χ1) is 9.12. The molecule has 1 aromatic heterocycles. The fourth-order valence-electron chi connectivity index (χ4n) is 2.06. The molecule has 2 heterocycles. The van der Waals surface area contributed by atoms with Gasteiger partial charge in [-0.05, 0) is 47.9 Å². The molecule has 0 radical (unpaired) electrons. The summed E-state index contributed by atoms with van der Waals surface area (Å²) in [6.07, 6.45) is 1.24. The first-order valence-corrected chi connectivity index (χ1v) is 6.77. The zero-order valence-electron chi connectivity index (χ0n) is 13.0. The number of halogens is 1. The Balaban J connectivity index is 2.30. The van der Waals surface area contributed by atoms with Gasteiger partial charge < -0.3 is 14.2 Å². The van der Waals surface area contributed by atoms with Crippen LogP contribution < -0.4 is 5.46 Å². The molecule has 0 aliphatic carbocycles. The normalized spacial score (nSPS) is 20.7. The van der Waals surface area contributed by atoms with Gasteiger partial charge >= 0.3 is 7.12 Å². The van der Waals surface area contributed by atoms with Crippen LogP contribution in [0.3, 0.4) is 0 Å². The summed E-state index contributed by atoms with van der Waals surface area (Å²) in [5.41, 5.74) is 0.251. The van der Waals surface area contributed by atoms with Crippen LogP contribution in [0.25, 0.3) is 0 Å². The molecular weight excluding hydrogens is 258 g/mol. The minimum Gasteiger partial charge on any atom is -0.399 e. The van der Waals surface area contributed by atoms with Crippen molar-refractivity contribution in [1.29, 1.82) is 0 Å². The number of aromatic nitrogens is 1. The zero-order valence-corrected chi connectivity index (χ0v) is 13.0. The third-order valence-electron chi connectivity index (χ3n) is 3.93. The molecule has 1 aromatic rings. The average molecular weight is 280 g/mol. The fraction of sp³-hybridized carbons (Fsp3) is 0.643. The molecular formula is C14H22BFN2O2. The Morgan fingerprint density at radius 1 is 1.20 bits per heavy atom. The Bertz CT molecular complexity index is 490. The van der Waals surface area contributed by atoms with Gasteiger partial charge in [0.15, 0.2) is 0 Å². The van der Waals surface area contributed by atoms with Crippen molar-refractivity contribution in [2.75, 3.05) is 14.1 Å². The molecule has 1 aliphatic rings. The highest BCUT2D eigenvalue weighted by molar-refractivity contribution is 6.62. The molecule has 0 unspecified atom stereocenters. The number of rotatable bonds is 3. The summed E-state index contributed by atoms with van der Waals surface area (Å²) >= 11 is 0. The van der Waals surface area contributed by atoms with Gasteiger partial charge in [-0.25, -0.2) is 4.39 Å². The molecule has 0 saturated carbocycles. The second-order valence-electron chi connectivity index (χ2n) is 6.52. The van der Waals surface area contributed by atoms with E-state index >= 15 is 0 Å². The average Bonchev–Trinajstić information content (AvgIpc) is 2.50. The van der Waals surface area contributed by atoms with Crippen molar-refractivity contribution in [2.24, 2.45) is 0 Å². The number of nitrogens with zero attached hydrogens (tertiary/aromatic N) is 2. The van der Waals surface area contributed by atoms with E-state index in [-0.39, 0.29) is 0 Å². The first kappa shape index (κ1) is 15.4. The van der Waals surface area contributed by atoms with Gasteiger partial charge in [-0.2, -0.15) is 0 Å². The van der Waals surface area contributed by atoms with E-state index in [2.05, 4.69) is 4.98 Å². The van der Waals surface area contributed by atoms with E-state index in [0.717, 1.165) is 5.69 Å². The molecule has 0 N–H and O–H groups in total. The molecule has 4 nitrogen and oxygen atoms in total. The van der Waals surface area contributed by atoms with Gasteiger partial charge in [0.05, 0.1) is 23.1 Å². The molecule has 1 aliphatic heterocycles. The molecule has 0 spiro atoms. The van der Waals surface area contributed by atoms with E-state index in [1.807, 2.05) is 46.7 Å². The number of hydrogen-bond acceptors (Lipinski definition) is 4. The van der Waals surface area contributed by atoms with Crippen LogP contribution >= 0.6 is 0 Å². The largest absolute Gasteiger partial charge is 0.497 e. The molecule has 20 heavy (non-hydrogen) atoms. The van der Waals surface area contributed by atoms with Gasteiger partial charge in [0, 0.05) is 12.0 Å². The van der Waals surface area contributed by atoms with Crippen molar-refractivity contribution < 1.29 is 13.7 Å². The Labute approximate surface area is 120 Å². The molecule has 1 saturated heterocycles. The highest BCUT2D eigenvalue weighted by atomic mass is 19.1. The van der Waals surface area contributed by atoms with Crippen molar-refractivity contribution in [2.45, 2.75) is 45.4 Å². The zero-order chi connectivity index (χ0) is 15.1. The predicted molar refractivity (Wildman–Crippen MR) is 77.3 cm³/mol. The topological polar surface area (TPSA) is 34.6 Å². The van der Waals surface area contributed by atoms with Gasteiger partial charge in [-0.3, -0.25) is 4.98 Å². The van der Waals surface area contributed by atoms with Crippen LogP contribution in [0.2, 0.25) is 0 Å². The SMILES string of the molecule is CN(C)Cc1cc(B2OC(C)(C)C(C)(C)O2)c(F)cn1. The maximum absolute atomic E-state index is 14.0. The smallest absolute Gasteiger partial charge is 0.399 e. The molecule has 2 rings (SSSR count). The second kappa shape index (κ2) is 5.09. The lowest BCUT2D eigenvalue weighted by Gasteiger charge is -2.32. The standard InChI is InChI=1S/C14H22BFN2O2/c1-13(2)14(3,4)20-15(19-13)11-7-10(9-18(5)6)17-8-12(11)16/h7-8H,9H2,1-6H3. The van der Waals surface area contributed by atoms with Crippen LogP contribution in [0.5, 0.6) is 0 Å². The van der Waals surface area contributed by atoms with Crippen LogP contribution in [0.1, 0.15) is 33.4 Å². The first-order valence-electron chi connectivity index (χ1n) is 6.77. The summed E-state index contributed by atoms with van der Waals surface area (Å²) in [4.78, 5) is 6.08. The summed E-state index contributed by atoms with van der Waals surface area (Å²) in [6, 6.07) is 1.72. The maximum atomic E-state index is 14.0. The van der Waals surface area contributed by atoms with Crippen LogP contribution in [-0.4, -0.2) is 42.3 Å². The van der Waals surface area contributed by atoms with E-state index in [0.29, 0.717) is 12.0 Å². The minimum absolute atomic E-state index is 0.397. The number of pyridine rings is 1. The third kappa shape index (κ3) is 2.87. The quantitative estimate of drug-likeness (QED) is 0.787. The van der Waals surface area contributed by atoms with Gasteiger partial charge in [0.2, 0.25) is 0 Å². The molecule has 0 amide bonds. The Hall–Kier alpha value is -0.975. The lowest BCUT2D eigenvalue weighted by atomic mass is 9.79. The fourth-order valence-corrected chi connectivity index (χ4v) is 2.06. The second-order valence-corrected chi connectivity index (χ2v) is 6.52. The van der Waals surface area contributed by atoms with Gasteiger partial charge in [-0.1, -0.05) is 0 Å². The van der Waals surface area contributed by atoms with E-state index in [9.17, 15) is 4.39 Å². The molecule has 110 valence electrons. The van der Waals surface area contributed by atoms with Gasteiger partial charge in [0.1, 0.15) is 5.82 Å². The predicted octanol–water partition coefficient (Wildman–Crippen LogP) is 1.58. The van der Waals surface area contributed by atoms with Gasteiger partial charge in [-0.15, -0.1) is 0 Å². The summed E-state index contributed by atoms with van der Waals surface area (Å²) in [7, 11) is 3.20. The third-order valence-corrected chi connectivity index (χ3v) is 3.93. The Morgan fingerprint density at radius 2 is 1.75 bits per heavy atom. The molecule has 6 heteroatoms. The summed E-state index contributed by atoms with van der Waals surface area (Å²) in [6.45, 7) is 8.45. The Kier molecular flexibility index (Phi) is 3.93. The maximum Gasteiger partial charge on any atom is 0.497 e. The highest BCUT2D eigenvalue weighted by Crippen LogP contribution is 2.36. The van der Waals surface area contributed by atoms with E-state index in [1.54, 1.807) is 6.07 Å². The van der Waals surface area contributed by atoms with Crippen molar-refractivity contribution in [3.8, 4) is 0 Å². The van der Waals surface area contributed by atoms with Crippen LogP contribution in [0.15, 0.2) is 12.3 Å². The van der Waals surface area contributed by atoms with Crippen LogP contribution in [0, 0.1) is 5.82 Å². The number of hydrogen-bond donors (Lipinski definition) is 0. The summed E-state index contributed by atoms with van der Waals surface area (Å²) in [5.74, 6) is -0.397.